The van der Waals surface area contributed by atoms with Gasteiger partial charge in [-0.3, -0.25) is 4.57 Å². The molecule has 2 nitrogen and oxygen atoms in total. The molecule has 0 unspecified atom stereocenters. The fourth-order valence-corrected chi connectivity index (χ4v) is 5.32. The summed E-state index contributed by atoms with van der Waals surface area (Å²) in [6, 6.07) is 47.1. The number of benzene rings is 6. The van der Waals surface area contributed by atoms with Gasteiger partial charge in [0.05, 0.1) is 11.0 Å². The normalized spacial score (nSPS) is 11.4. The number of imidazole rings is 1. The van der Waals surface area contributed by atoms with E-state index in [-0.39, 0.29) is 0 Å². The molecule has 0 atom stereocenters. The first-order valence-electron chi connectivity index (χ1n) is 11.9. The average molecular weight is 447 g/mol. The Bertz CT molecular complexity index is 1770. The third-order valence-corrected chi connectivity index (χ3v) is 6.79. The number of para-hydroxylation sites is 3. The molecule has 35 heavy (non-hydrogen) atoms. The topological polar surface area (TPSA) is 17.8 Å². The van der Waals surface area contributed by atoms with Crippen LogP contribution >= 0.6 is 0 Å². The molecule has 0 aliphatic carbocycles. The minimum atomic E-state index is 0.962. The maximum absolute atomic E-state index is 5.22. The fraction of sp³-hybridized carbons (Fsp3) is 0. The SMILES string of the molecule is c1ccc(-c2c3ccccc3c(-c3nc4ccccc4n3-c3ccccc3)c3ccccc23)cc1. The Hall–Kier alpha value is -4.69. The third kappa shape index (κ3) is 3.08. The molecule has 0 radical (unpaired) electrons. The van der Waals surface area contributed by atoms with Crippen LogP contribution in [0.2, 0.25) is 0 Å². The van der Waals surface area contributed by atoms with Gasteiger partial charge in [0.25, 0.3) is 0 Å². The number of hydrogen-bond donors (Lipinski definition) is 0. The van der Waals surface area contributed by atoms with Crippen LogP contribution in [0.5, 0.6) is 0 Å². The minimum Gasteiger partial charge on any atom is -0.292 e. The van der Waals surface area contributed by atoms with E-state index in [4.69, 9.17) is 4.98 Å². The van der Waals surface area contributed by atoms with Crippen molar-refractivity contribution in [2.24, 2.45) is 0 Å². The molecule has 0 fully saturated rings. The lowest BCUT2D eigenvalue weighted by atomic mass is 9.88. The van der Waals surface area contributed by atoms with E-state index in [1.165, 1.54) is 32.7 Å². The van der Waals surface area contributed by atoms with Crippen molar-refractivity contribution in [3.8, 4) is 28.2 Å². The molecule has 0 aliphatic heterocycles. The zero-order chi connectivity index (χ0) is 23.2. The van der Waals surface area contributed by atoms with E-state index >= 15 is 0 Å². The van der Waals surface area contributed by atoms with Gasteiger partial charge in [-0.15, -0.1) is 0 Å². The monoisotopic (exact) mass is 446 g/mol. The van der Waals surface area contributed by atoms with E-state index in [1.54, 1.807) is 0 Å². The van der Waals surface area contributed by atoms with E-state index in [1.807, 2.05) is 0 Å². The highest BCUT2D eigenvalue weighted by atomic mass is 15.1. The molecule has 164 valence electrons. The van der Waals surface area contributed by atoms with Gasteiger partial charge in [0, 0.05) is 11.3 Å². The van der Waals surface area contributed by atoms with Crippen molar-refractivity contribution in [1.29, 1.82) is 0 Å². The number of rotatable bonds is 3. The summed E-state index contributed by atoms with van der Waals surface area (Å²) in [6.07, 6.45) is 0. The molecule has 7 rings (SSSR count). The van der Waals surface area contributed by atoms with Gasteiger partial charge >= 0.3 is 0 Å². The first-order chi connectivity index (χ1) is 17.4. The summed E-state index contributed by atoms with van der Waals surface area (Å²) < 4.78 is 2.30. The molecule has 1 heterocycles. The molecule has 0 spiro atoms. The standard InChI is InChI=1S/C33H22N2/c1-3-13-23(14-4-1)31-25-17-7-9-19-27(25)32(28-20-10-8-18-26(28)31)33-34-29-21-11-12-22-30(29)35(33)24-15-5-2-6-16-24/h1-22H. The summed E-state index contributed by atoms with van der Waals surface area (Å²) in [5, 5.41) is 4.88. The van der Waals surface area contributed by atoms with Gasteiger partial charge < -0.3 is 0 Å². The lowest BCUT2D eigenvalue weighted by molar-refractivity contribution is 1.11. The number of fused-ring (bicyclic) bond motifs is 3. The van der Waals surface area contributed by atoms with Crippen molar-refractivity contribution in [1.82, 2.24) is 9.55 Å². The zero-order valence-electron chi connectivity index (χ0n) is 19.1. The second kappa shape index (κ2) is 7.96. The molecule has 0 saturated heterocycles. The molecule has 6 aromatic carbocycles. The third-order valence-electron chi connectivity index (χ3n) is 6.79. The average Bonchev–Trinajstić information content (AvgIpc) is 3.31. The molecule has 7 aromatic rings. The Morgan fingerprint density at radius 1 is 0.429 bits per heavy atom. The largest absolute Gasteiger partial charge is 0.292 e. The van der Waals surface area contributed by atoms with E-state index in [2.05, 4.69) is 138 Å². The van der Waals surface area contributed by atoms with Crippen molar-refractivity contribution in [3.63, 3.8) is 0 Å². The Labute approximate surface area is 203 Å². The Morgan fingerprint density at radius 3 is 1.54 bits per heavy atom. The van der Waals surface area contributed by atoms with E-state index in [9.17, 15) is 0 Å². The summed E-state index contributed by atoms with van der Waals surface area (Å²) in [7, 11) is 0. The van der Waals surface area contributed by atoms with Crippen molar-refractivity contribution in [2.45, 2.75) is 0 Å². The second-order valence-corrected chi connectivity index (χ2v) is 8.80. The summed E-state index contributed by atoms with van der Waals surface area (Å²) in [5.74, 6) is 0.962. The lowest BCUT2D eigenvalue weighted by Gasteiger charge is -2.18. The maximum Gasteiger partial charge on any atom is 0.146 e. The van der Waals surface area contributed by atoms with Crippen LogP contribution in [-0.2, 0) is 0 Å². The molecule has 0 N–H and O–H groups in total. The van der Waals surface area contributed by atoms with Gasteiger partial charge in [-0.1, -0.05) is 109 Å². The molecular weight excluding hydrogens is 424 g/mol. The maximum atomic E-state index is 5.22. The second-order valence-electron chi connectivity index (χ2n) is 8.80. The lowest BCUT2D eigenvalue weighted by Crippen LogP contribution is -1.99. The predicted octanol–water partition coefficient (Wildman–Crippen LogP) is 8.67. The van der Waals surface area contributed by atoms with Crippen LogP contribution in [0.15, 0.2) is 133 Å². The van der Waals surface area contributed by atoms with Gasteiger partial charge in [-0.2, -0.15) is 0 Å². The number of hydrogen-bond acceptors (Lipinski definition) is 1. The summed E-state index contributed by atoms with van der Waals surface area (Å²) >= 11 is 0. The predicted molar refractivity (Wildman–Crippen MR) is 147 cm³/mol. The van der Waals surface area contributed by atoms with Crippen molar-refractivity contribution >= 4 is 32.6 Å². The van der Waals surface area contributed by atoms with Gasteiger partial charge in [0.15, 0.2) is 0 Å². The highest BCUT2D eigenvalue weighted by Gasteiger charge is 2.21. The van der Waals surface area contributed by atoms with Crippen molar-refractivity contribution < 1.29 is 0 Å². The molecule has 0 bridgehead atoms. The zero-order valence-corrected chi connectivity index (χ0v) is 19.1. The smallest absolute Gasteiger partial charge is 0.146 e. The van der Waals surface area contributed by atoms with Crippen LogP contribution in [0, 0.1) is 0 Å². The van der Waals surface area contributed by atoms with E-state index < -0.39 is 0 Å². The molecule has 0 aliphatic rings. The molecular formula is C33H22N2. The minimum absolute atomic E-state index is 0.962. The Morgan fingerprint density at radius 2 is 0.914 bits per heavy atom. The van der Waals surface area contributed by atoms with Crippen LogP contribution in [0.1, 0.15) is 0 Å². The van der Waals surface area contributed by atoms with Crippen LogP contribution in [0.4, 0.5) is 0 Å². The highest BCUT2D eigenvalue weighted by Crippen LogP contribution is 2.44. The van der Waals surface area contributed by atoms with Gasteiger partial charge in [-0.05, 0) is 56.9 Å². The Kier molecular flexibility index (Phi) is 4.49. The molecule has 0 amide bonds. The van der Waals surface area contributed by atoms with E-state index in [0.29, 0.717) is 0 Å². The van der Waals surface area contributed by atoms with Gasteiger partial charge in [0.2, 0.25) is 0 Å². The fourth-order valence-electron chi connectivity index (χ4n) is 5.32. The van der Waals surface area contributed by atoms with Crippen LogP contribution in [0.25, 0.3) is 60.8 Å². The number of nitrogens with zero attached hydrogens (tertiary/aromatic N) is 2. The van der Waals surface area contributed by atoms with Crippen molar-refractivity contribution in [3.05, 3.63) is 133 Å². The Balaban J connectivity index is 1.69. The molecule has 1 aromatic heterocycles. The summed E-state index contributed by atoms with van der Waals surface area (Å²) in [5.41, 5.74) is 6.86. The summed E-state index contributed by atoms with van der Waals surface area (Å²) in [6.45, 7) is 0. The first-order valence-corrected chi connectivity index (χ1v) is 11.9. The van der Waals surface area contributed by atoms with Crippen LogP contribution in [0.3, 0.4) is 0 Å². The first kappa shape index (κ1) is 19.7. The van der Waals surface area contributed by atoms with Gasteiger partial charge in [-0.25, -0.2) is 4.98 Å². The molecule has 2 heteroatoms. The highest BCUT2D eigenvalue weighted by molar-refractivity contribution is 6.21. The van der Waals surface area contributed by atoms with Crippen LogP contribution in [-0.4, -0.2) is 9.55 Å². The van der Waals surface area contributed by atoms with E-state index in [0.717, 1.165) is 28.1 Å². The van der Waals surface area contributed by atoms with Gasteiger partial charge in [0.1, 0.15) is 5.82 Å². The quantitative estimate of drug-likeness (QED) is 0.248. The molecule has 0 saturated carbocycles. The number of aromatic nitrogens is 2. The summed E-state index contributed by atoms with van der Waals surface area (Å²) in [4.78, 5) is 5.22. The van der Waals surface area contributed by atoms with Crippen molar-refractivity contribution in [2.75, 3.05) is 0 Å². The van der Waals surface area contributed by atoms with Crippen LogP contribution < -0.4 is 0 Å².